The Morgan fingerprint density at radius 3 is 2.82 bits per heavy atom. The molecule has 0 spiro atoms. The molecule has 0 aromatic carbocycles. The molecule has 3 N–H and O–H groups in total. The van der Waals surface area contributed by atoms with Crippen molar-refractivity contribution in [3.63, 3.8) is 0 Å². The summed E-state index contributed by atoms with van der Waals surface area (Å²) in [5.41, 5.74) is 7.38. The summed E-state index contributed by atoms with van der Waals surface area (Å²) >= 11 is 0. The predicted molar refractivity (Wildman–Crippen MR) is 68.8 cm³/mol. The van der Waals surface area contributed by atoms with Crippen molar-refractivity contribution in [1.82, 2.24) is 10.2 Å². The molecule has 1 rings (SSSR count). The van der Waals surface area contributed by atoms with Crippen LogP contribution in [0, 0.1) is 6.92 Å². The van der Waals surface area contributed by atoms with Crippen LogP contribution in [0.3, 0.4) is 0 Å². The summed E-state index contributed by atoms with van der Waals surface area (Å²) in [5.74, 6) is -0.359. The van der Waals surface area contributed by atoms with Crippen molar-refractivity contribution < 1.29 is 4.79 Å². The Bertz CT molecular complexity index is 444. The molecule has 92 valence electrons. The SMILES string of the molecule is CC/C=C/C=C/C(C)c1c(C)n[nH]c1C(N)=O. The average Bonchev–Trinajstić information content (AvgIpc) is 2.66. The number of hydrogen-bond donors (Lipinski definition) is 2. The number of amides is 1. The molecule has 0 aliphatic carbocycles. The second-order valence-electron chi connectivity index (χ2n) is 3.97. The van der Waals surface area contributed by atoms with Gasteiger partial charge in [0.15, 0.2) is 0 Å². The molecule has 1 heterocycles. The third-order valence-electron chi connectivity index (χ3n) is 2.58. The van der Waals surface area contributed by atoms with Crippen LogP contribution in [0.1, 0.15) is 47.9 Å². The van der Waals surface area contributed by atoms with Crippen LogP contribution >= 0.6 is 0 Å². The van der Waals surface area contributed by atoms with Gasteiger partial charge in [-0.05, 0) is 13.3 Å². The highest BCUT2D eigenvalue weighted by molar-refractivity contribution is 5.92. The van der Waals surface area contributed by atoms with Crippen LogP contribution in [0.2, 0.25) is 0 Å². The summed E-state index contributed by atoms with van der Waals surface area (Å²) in [6.07, 6.45) is 9.08. The van der Waals surface area contributed by atoms with Crippen LogP contribution in [-0.4, -0.2) is 16.1 Å². The molecule has 1 aromatic heterocycles. The van der Waals surface area contributed by atoms with Crippen LogP contribution in [0.5, 0.6) is 0 Å². The van der Waals surface area contributed by atoms with Gasteiger partial charge in [-0.3, -0.25) is 9.89 Å². The Hall–Kier alpha value is -1.84. The van der Waals surface area contributed by atoms with Gasteiger partial charge < -0.3 is 5.73 Å². The Labute approximate surface area is 102 Å². The van der Waals surface area contributed by atoms with E-state index in [-0.39, 0.29) is 5.92 Å². The Morgan fingerprint density at radius 1 is 1.53 bits per heavy atom. The van der Waals surface area contributed by atoms with Gasteiger partial charge in [-0.25, -0.2) is 0 Å². The fourth-order valence-corrected chi connectivity index (χ4v) is 1.73. The zero-order valence-corrected chi connectivity index (χ0v) is 10.5. The van der Waals surface area contributed by atoms with Crippen molar-refractivity contribution in [2.75, 3.05) is 0 Å². The zero-order chi connectivity index (χ0) is 12.8. The number of primary amides is 1. The fourth-order valence-electron chi connectivity index (χ4n) is 1.73. The van der Waals surface area contributed by atoms with Gasteiger partial charge in [-0.15, -0.1) is 0 Å². The highest BCUT2D eigenvalue weighted by atomic mass is 16.1. The van der Waals surface area contributed by atoms with Crippen LogP contribution < -0.4 is 5.73 Å². The van der Waals surface area contributed by atoms with Crippen LogP contribution in [0.25, 0.3) is 0 Å². The van der Waals surface area contributed by atoms with E-state index in [1.54, 1.807) is 0 Å². The molecule has 17 heavy (non-hydrogen) atoms. The number of carbonyl (C=O) groups is 1. The molecule has 0 bridgehead atoms. The van der Waals surface area contributed by atoms with E-state index in [1.807, 2.05) is 32.1 Å². The lowest BCUT2D eigenvalue weighted by Gasteiger charge is -2.06. The predicted octanol–water partition coefficient (Wildman–Crippen LogP) is 2.44. The third-order valence-corrected chi connectivity index (χ3v) is 2.58. The van der Waals surface area contributed by atoms with Crippen LogP contribution in [0.4, 0.5) is 0 Å². The van der Waals surface area contributed by atoms with Crippen LogP contribution in [-0.2, 0) is 0 Å². The van der Waals surface area contributed by atoms with E-state index in [9.17, 15) is 4.79 Å². The van der Waals surface area contributed by atoms with Gasteiger partial charge in [0, 0.05) is 11.5 Å². The second kappa shape index (κ2) is 6.03. The molecule has 0 saturated heterocycles. The lowest BCUT2D eigenvalue weighted by atomic mass is 9.98. The molecule has 4 heteroatoms. The average molecular weight is 233 g/mol. The third kappa shape index (κ3) is 3.31. The number of allylic oxidation sites excluding steroid dienone is 4. The monoisotopic (exact) mass is 233 g/mol. The van der Waals surface area contributed by atoms with Gasteiger partial charge in [-0.2, -0.15) is 5.10 Å². The van der Waals surface area contributed by atoms with Crippen molar-refractivity contribution in [3.8, 4) is 0 Å². The first kappa shape index (κ1) is 13.2. The van der Waals surface area contributed by atoms with Crippen molar-refractivity contribution in [2.24, 2.45) is 5.73 Å². The summed E-state index contributed by atoms with van der Waals surface area (Å²) in [4.78, 5) is 11.2. The normalized spacial score (nSPS) is 13.6. The van der Waals surface area contributed by atoms with Crippen molar-refractivity contribution in [3.05, 3.63) is 41.3 Å². The number of aromatic nitrogens is 2. The number of hydrogen-bond acceptors (Lipinski definition) is 2. The first-order valence-electron chi connectivity index (χ1n) is 5.75. The van der Waals surface area contributed by atoms with Crippen molar-refractivity contribution in [2.45, 2.75) is 33.1 Å². The van der Waals surface area contributed by atoms with E-state index in [0.717, 1.165) is 17.7 Å². The van der Waals surface area contributed by atoms with Gasteiger partial charge >= 0.3 is 0 Å². The summed E-state index contributed by atoms with van der Waals surface area (Å²) in [5, 5.41) is 6.71. The van der Waals surface area contributed by atoms with E-state index in [1.165, 1.54) is 0 Å². The first-order valence-corrected chi connectivity index (χ1v) is 5.75. The zero-order valence-electron chi connectivity index (χ0n) is 10.5. The number of H-pyrrole nitrogens is 1. The van der Waals surface area contributed by atoms with Crippen molar-refractivity contribution in [1.29, 1.82) is 0 Å². The number of nitrogens with one attached hydrogen (secondary N) is 1. The van der Waals surface area contributed by atoms with E-state index in [0.29, 0.717) is 5.69 Å². The molecular formula is C13H19N3O. The molecule has 1 atom stereocenters. The number of aromatic amines is 1. The molecule has 1 unspecified atom stereocenters. The van der Waals surface area contributed by atoms with Crippen molar-refractivity contribution >= 4 is 5.91 Å². The molecular weight excluding hydrogens is 214 g/mol. The van der Waals surface area contributed by atoms with E-state index < -0.39 is 5.91 Å². The minimum absolute atomic E-state index is 0.109. The molecule has 1 aromatic rings. The highest BCUT2D eigenvalue weighted by Gasteiger charge is 2.17. The van der Waals surface area contributed by atoms with E-state index in [2.05, 4.69) is 23.2 Å². The summed E-state index contributed by atoms with van der Waals surface area (Å²) in [6.45, 7) is 5.96. The molecule has 0 radical (unpaired) electrons. The smallest absolute Gasteiger partial charge is 0.267 e. The highest BCUT2D eigenvalue weighted by Crippen LogP contribution is 2.22. The fraction of sp³-hybridized carbons (Fsp3) is 0.385. The molecule has 0 fully saturated rings. The maximum Gasteiger partial charge on any atom is 0.267 e. The minimum atomic E-state index is -0.468. The Morgan fingerprint density at radius 2 is 2.24 bits per heavy atom. The maximum absolute atomic E-state index is 11.2. The van der Waals surface area contributed by atoms with Gasteiger partial charge in [0.25, 0.3) is 5.91 Å². The molecule has 4 nitrogen and oxygen atoms in total. The largest absolute Gasteiger partial charge is 0.364 e. The van der Waals surface area contributed by atoms with Gasteiger partial charge in [-0.1, -0.05) is 38.2 Å². The molecule has 0 saturated carbocycles. The Kier molecular flexibility index (Phi) is 4.69. The second-order valence-corrected chi connectivity index (χ2v) is 3.97. The van der Waals surface area contributed by atoms with E-state index >= 15 is 0 Å². The van der Waals surface area contributed by atoms with Crippen LogP contribution in [0.15, 0.2) is 24.3 Å². The summed E-state index contributed by atoms with van der Waals surface area (Å²) < 4.78 is 0. The topological polar surface area (TPSA) is 71.8 Å². The lowest BCUT2D eigenvalue weighted by Crippen LogP contribution is -2.14. The standard InChI is InChI=1S/C13H19N3O/c1-4-5-6-7-8-9(2)11-10(3)15-16-12(11)13(14)17/h5-9H,4H2,1-3H3,(H2,14,17)(H,15,16)/b6-5+,8-7+. The molecule has 0 aliphatic heterocycles. The quantitative estimate of drug-likeness (QED) is 0.767. The van der Waals surface area contributed by atoms with E-state index in [4.69, 9.17) is 5.73 Å². The number of aryl methyl sites for hydroxylation is 1. The molecule has 1 amide bonds. The summed E-state index contributed by atoms with van der Waals surface area (Å²) in [6, 6.07) is 0. The number of carbonyl (C=O) groups excluding carboxylic acids is 1. The van der Waals surface area contributed by atoms with Gasteiger partial charge in [0.1, 0.15) is 5.69 Å². The maximum atomic E-state index is 11.2. The number of nitrogens with zero attached hydrogens (tertiary/aromatic N) is 1. The Balaban J connectivity index is 2.91. The minimum Gasteiger partial charge on any atom is -0.364 e. The first-order chi connectivity index (χ1) is 8.07. The molecule has 0 aliphatic rings. The number of nitrogens with two attached hydrogens (primary N) is 1. The lowest BCUT2D eigenvalue weighted by molar-refractivity contribution is 0.0994. The van der Waals surface area contributed by atoms with Gasteiger partial charge in [0.05, 0.1) is 5.69 Å². The number of rotatable bonds is 5. The summed E-state index contributed by atoms with van der Waals surface area (Å²) in [7, 11) is 0. The van der Waals surface area contributed by atoms with Gasteiger partial charge in [0.2, 0.25) is 0 Å².